The Hall–Kier alpha value is -1.62. The number of nitrogens with zero attached hydrogens (tertiary/aromatic N) is 1. The fourth-order valence-corrected chi connectivity index (χ4v) is 1.45. The highest BCUT2D eigenvalue weighted by Gasteiger charge is 2.23. The van der Waals surface area contributed by atoms with Crippen LogP contribution in [0.25, 0.3) is 0 Å². The van der Waals surface area contributed by atoms with Gasteiger partial charge in [0.15, 0.2) is 0 Å². The lowest BCUT2D eigenvalue weighted by Crippen LogP contribution is -2.42. The van der Waals surface area contributed by atoms with E-state index < -0.39 is 23.5 Å². The van der Waals surface area contributed by atoms with Gasteiger partial charge in [-0.15, -0.1) is 0 Å². The van der Waals surface area contributed by atoms with Gasteiger partial charge in [0.05, 0.1) is 0 Å². The topological polar surface area (TPSA) is 68.3 Å². The van der Waals surface area contributed by atoms with Crippen LogP contribution in [0.1, 0.15) is 38.1 Å². The molecule has 6 heteroatoms. The smallest absolute Gasteiger partial charge is 0.328 e. The molecule has 0 unspecified atom stereocenters. The van der Waals surface area contributed by atoms with E-state index in [9.17, 15) is 9.59 Å². The zero-order valence-electron chi connectivity index (χ0n) is 11.4. The molecule has 0 saturated heterocycles. The number of ether oxygens (including phenoxy) is 1. The third-order valence-electron chi connectivity index (χ3n) is 2.10. The molecule has 1 atom stereocenters. The quantitative estimate of drug-likeness (QED) is 0.682. The lowest BCUT2D eigenvalue weighted by Gasteiger charge is -2.22. The van der Waals surface area contributed by atoms with E-state index in [4.69, 9.17) is 16.3 Å². The van der Waals surface area contributed by atoms with Gasteiger partial charge >= 0.3 is 5.97 Å². The molecule has 5 nitrogen and oxygen atoms in total. The molecule has 1 aromatic rings. The zero-order chi connectivity index (χ0) is 14.6. The van der Waals surface area contributed by atoms with Gasteiger partial charge in [0.1, 0.15) is 16.8 Å². The van der Waals surface area contributed by atoms with Crippen LogP contribution in [-0.4, -0.2) is 28.5 Å². The summed E-state index contributed by atoms with van der Waals surface area (Å²) in [5.41, 5.74) is -0.244. The van der Waals surface area contributed by atoms with E-state index in [-0.39, 0.29) is 5.15 Å². The molecule has 0 aromatic carbocycles. The van der Waals surface area contributed by atoms with E-state index in [1.165, 1.54) is 18.3 Å². The Bertz CT molecular complexity index is 483. The van der Waals surface area contributed by atoms with Crippen LogP contribution in [-0.2, 0) is 9.53 Å². The Balaban J connectivity index is 2.64. The molecule has 0 aliphatic heterocycles. The summed E-state index contributed by atoms with van der Waals surface area (Å²) in [6.07, 6.45) is 1.43. The van der Waals surface area contributed by atoms with Crippen molar-refractivity contribution in [3.8, 4) is 0 Å². The maximum Gasteiger partial charge on any atom is 0.328 e. The number of halogens is 1. The minimum Gasteiger partial charge on any atom is -0.458 e. The van der Waals surface area contributed by atoms with Crippen molar-refractivity contribution < 1.29 is 14.3 Å². The highest BCUT2D eigenvalue weighted by atomic mass is 35.5. The molecular weight excluding hydrogens is 268 g/mol. The Labute approximate surface area is 117 Å². The molecule has 0 spiro atoms. The van der Waals surface area contributed by atoms with Gasteiger partial charge in [0.2, 0.25) is 0 Å². The first-order valence-electron chi connectivity index (χ1n) is 5.84. The lowest BCUT2D eigenvalue weighted by molar-refractivity contribution is -0.156. The van der Waals surface area contributed by atoms with E-state index in [1.807, 2.05) is 0 Å². The first-order chi connectivity index (χ1) is 8.69. The van der Waals surface area contributed by atoms with Crippen molar-refractivity contribution in [1.29, 1.82) is 0 Å². The van der Waals surface area contributed by atoms with Gasteiger partial charge in [0.25, 0.3) is 5.91 Å². The molecule has 19 heavy (non-hydrogen) atoms. The second-order valence-corrected chi connectivity index (χ2v) is 5.48. The molecule has 1 amide bonds. The van der Waals surface area contributed by atoms with Crippen molar-refractivity contribution in [1.82, 2.24) is 10.3 Å². The number of hydrogen-bond donors (Lipinski definition) is 1. The van der Waals surface area contributed by atoms with Crippen molar-refractivity contribution in [3.05, 3.63) is 29.0 Å². The van der Waals surface area contributed by atoms with Gasteiger partial charge in [-0.1, -0.05) is 11.6 Å². The highest BCUT2D eigenvalue weighted by Crippen LogP contribution is 2.10. The van der Waals surface area contributed by atoms with Gasteiger partial charge in [-0.2, -0.15) is 0 Å². The fraction of sp³-hybridized carbons (Fsp3) is 0.462. The fourth-order valence-electron chi connectivity index (χ4n) is 1.27. The SMILES string of the molecule is C[C@H](NC(=O)c1ccnc(Cl)c1)C(=O)OC(C)(C)C. The predicted octanol–water partition coefficient (Wildman–Crippen LogP) is 2.20. The van der Waals surface area contributed by atoms with E-state index in [1.54, 1.807) is 27.7 Å². The number of aromatic nitrogens is 1. The van der Waals surface area contributed by atoms with Crippen LogP contribution >= 0.6 is 11.6 Å². The number of pyridine rings is 1. The maximum absolute atomic E-state index is 11.9. The Morgan fingerprint density at radius 2 is 2.05 bits per heavy atom. The molecule has 1 N–H and O–H groups in total. The van der Waals surface area contributed by atoms with Crippen LogP contribution in [0.3, 0.4) is 0 Å². The number of carbonyl (C=O) groups excluding carboxylic acids is 2. The highest BCUT2D eigenvalue weighted by molar-refractivity contribution is 6.29. The van der Waals surface area contributed by atoms with Crippen LogP contribution < -0.4 is 5.32 Å². The third-order valence-corrected chi connectivity index (χ3v) is 2.30. The van der Waals surface area contributed by atoms with Gasteiger partial charge < -0.3 is 10.1 Å². The van der Waals surface area contributed by atoms with Crippen LogP contribution in [0.4, 0.5) is 0 Å². The second kappa shape index (κ2) is 6.02. The number of hydrogen-bond acceptors (Lipinski definition) is 4. The first-order valence-corrected chi connectivity index (χ1v) is 6.22. The molecule has 1 heterocycles. The van der Waals surface area contributed by atoms with E-state index >= 15 is 0 Å². The normalized spacial score (nSPS) is 12.7. The Kier molecular flexibility index (Phi) is 4.89. The summed E-state index contributed by atoms with van der Waals surface area (Å²) in [5.74, 6) is -0.885. The molecule has 0 saturated carbocycles. The third kappa shape index (κ3) is 5.26. The summed E-state index contributed by atoms with van der Waals surface area (Å²) in [5, 5.41) is 2.77. The molecule has 1 rings (SSSR count). The van der Waals surface area contributed by atoms with Crippen LogP contribution in [0.15, 0.2) is 18.3 Å². The Morgan fingerprint density at radius 1 is 1.42 bits per heavy atom. The summed E-state index contributed by atoms with van der Waals surface area (Å²) in [7, 11) is 0. The maximum atomic E-state index is 11.9. The zero-order valence-corrected chi connectivity index (χ0v) is 12.1. The number of nitrogens with one attached hydrogen (secondary N) is 1. The standard InChI is InChI=1S/C13H17ClN2O3/c1-8(12(18)19-13(2,3)4)16-11(17)9-5-6-15-10(14)7-9/h5-8H,1-4H3,(H,16,17)/t8-/m0/s1. The van der Waals surface area contributed by atoms with Gasteiger partial charge in [-0.05, 0) is 39.8 Å². The lowest BCUT2D eigenvalue weighted by atomic mass is 10.2. The van der Waals surface area contributed by atoms with E-state index in [0.29, 0.717) is 5.56 Å². The largest absolute Gasteiger partial charge is 0.458 e. The van der Waals surface area contributed by atoms with Crippen LogP contribution in [0.2, 0.25) is 5.15 Å². The van der Waals surface area contributed by atoms with Crippen molar-refractivity contribution in [2.75, 3.05) is 0 Å². The average Bonchev–Trinajstić information content (AvgIpc) is 2.26. The molecule has 1 aromatic heterocycles. The molecule has 0 radical (unpaired) electrons. The minimum atomic E-state index is -0.737. The number of carbonyl (C=O) groups is 2. The van der Waals surface area contributed by atoms with E-state index in [0.717, 1.165) is 0 Å². The van der Waals surface area contributed by atoms with Gasteiger partial charge in [0, 0.05) is 11.8 Å². The van der Waals surface area contributed by atoms with Crippen molar-refractivity contribution in [2.24, 2.45) is 0 Å². The molecule has 0 aliphatic carbocycles. The first kappa shape index (κ1) is 15.4. The second-order valence-electron chi connectivity index (χ2n) is 5.10. The summed E-state index contributed by atoms with van der Waals surface area (Å²) in [4.78, 5) is 27.4. The van der Waals surface area contributed by atoms with Gasteiger partial charge in [-0.3, -0.25) is 4.79 Å². The number of rotatable bonds is 3. The van der Waals surface area contributed by atoms with E-state index in [2.05, 4.69) is 10.3 Å². The summed E-state index contributed by atoms with van der Waals surface area (Å²) in [6.45, 7) is 6.86. The minimum absolute atomic E-state index is 0.220. The molecule has 0 bridgehead atoms. The summed E-state index contributed by atoms with van der Waals surface area (Å²) < 4.78 is 5.17. The molecular formula is C13H17ClN2O3. The molecule has 0 aliphatic rings. The Morgan fingerprint density at radius 3 is 2.58 bits per heavy atom. The van der Waals surface area contributed by atoms with Crippen molar-refractivity contribution in [3.63, 3.8) is 0 Å². The van der Waals surface area contributed by atoms with Crippen LogP contribution in [0.5, 0.6) is 0 Å². The summed E-state index contributed by atoms with van der Waals surface area (Å²) >= 11 is 5.69. The molecule has 104 valence electrons. The number of esters is 1. The van der Waals surface area contributed by atoms with Crippen LogP contribution in [0, 0.1) is 0 Å². The number of amides is 1. The van der Waals surface area contributed by atoms with Crippen molar-refractivity contribution in [2.45, 2.75) is 39.3 Å². The monoisotopic (exact) mass is 284 g/mol. The predicted molar refractivity (Wildman–Crippen MR) is 72.0 cm³/mol. The van der Waals surface area contributed by atoms with Gasteiger partial charge in [-0.25, -0.2) is 9.78 Å². The average molecular weight is 285 g/mol. The summed E-state index contributed by atoms with van der Waals surface area (Å²) in [6, 6.07) is 2.21. The van der Waals surface area contributed by atoms with Crippen molar-refractivity contribution >= 4 is 23.5 Å². The molecule has 0 fully saturated rings.